The Kier molecular flexibility index (Phi) is 5.70. The quantitative estimate of drug-likeness (QED) is 0.797. The number of aliphatic hydroxyl groups excluding tert-OH is 2. The maximum Gasteiger partial charge on any atom is 0.433 e. The van der Waals surface area contributed by atoms with Gasteiger partial charge in [-0.25, -0.2) is 4.98 Å². The van der Waals surface area contributed by atoms with Crippen LogP contribution in [0.2, 0.25) is 0 Å². The van der Waals surface area contributed by atoms with Crippen molar-refractivity contribution in [1.29, 1.82) is 0 Å². The summed E-state index contributed by atoms with van der Waals surface area (Å²) in [5.74, 6) is 5.13. The maximum atomic E-state index is 13.1. The smallest absolute Gasteiger partial charge is 0.393 e. The minimum absolute atomic E-state index is 0.0585. The molecule has 1 aliphatic carbocycles. The van der Waals surface area contributed by atoms with Gasteiger partial charge in [0.1, 0.15) is 18.1 Å². The molecule has 3 rings (SSSR count). The van der Waals surface area contributed by atoms with E-state index in [9.17, 15) is 18.3 Å². The van der Waals surface area contributed by atoms with E-state index in [1.165, 1.54) is 6.07 Å². The van der Waals surface area contributed by atoms with Crippen molar-refractivity contribution in [1.82, 2.24) is 4.98 Å². The Morgan fingerprint density at radius 3 is 2.46 bits per heavy atom. The maximum absolute atomic E-state index is 13.1. The highest BCUT2D eigenvalue weighted by Gasteiger charge is 2.35. The predicted octanol–water partition coefficient (Wildman–Crippen LogP) is 1.95. The van der Waals surface area contributed by atoms with Crippen LogP contribution in [-0.2, 0) is 10.9 Å². The second kappa shape index (κ2) is 7.82. The van der Waals surface area contributed by atoms with Gasteiger partial charge in [-0.3, -0.25) is 0 Å². The number of ether oxygens (including phenoxy) is 1. The van der Waals surface area contributed by atoms with Gasteiger partial charge >= 0.3 is 6.18 Å². The van der Waals surface area contributed by atoms with Crippen molar-refractivity contribution in [3.05, 3.63) is 23.4 Å². The Labute approximate surface area is 149 Å². The summed E-state index contributed by atoms with van der Waals surface area (Å²) in [6.45, 7) is 0.667. The van der Waals surface area contributed by atoms with E-state index in [-0.39, 0.29) is 29.7 Å². The Morgan fingerprint density at radius 2 is 1.88 bits per heavy atom. The molecule has 5 nitrogen and oxygen atoms in total. The first kappa shape index (κ1) is 19.0. The van der Waals surface area contributed by atoms with Gasteiger partial charge in [-0.15, -0.1) is 0 Å². The Hall–Kier alpha value is -1.82. The zero-order valence-corrected chi connectivity index (χ0v) is 14.2. The van der Waals surface area contributed by atoms with Gasteiger partial charge in [0.05, 0.1) is 18.3 Å². The van der Waals surface area contributed by atoms with Crippen LogP contribution in [0.3, 0.4) is 0 Å². The number of hydrogen-bond donors (Lipinski definition) is 2. The van der Waals surface area contributed by atoms with Gasteiger partial charge < -0.3 is 19.8 Å². The van der Waals surface area contributed by atoms with Crippen LogP contribution in [0.1, 0.15) is 36.9 Å². The lowest BCUT2D eigenvalue weighted by Gasteiger charge is -2.38. The SMILES string of the molecule is OCC#Cc1cc(N2CCC(OC3CC(O)C3)CC2)nc(C(F)(F)F)c1. The lowest BCUT2D eigenvalue weighted by Crippen LogP contribution is -2.43. The van der Waals surface area contributed by atoms with E-state index in [2.05, 4.69) is 16.8 Å². The van der Waals surface area contributed by atoms with Crippen LogP contribution < -0.4 is 4.90 Å². The summed E-state index contributed by atoms with van der Waals surface area (Å²) in [7, 11) is 0. The summed E-state index contributed by atoms with van der Waals surface area (Å²) in [5, 5.41) is 18.1. The van der Waals surface area contributed by atoms with Gasteiger partial charge in [-0.2, -0.15) is 13.2 Å². The third-order valence-electron chi connectivity index (χ3n) is 4.63. The molecule has 1 saturated carbocycles. The van der Waals surface area contributed by atoms with E-state index in [0.29, 0.717) is 38.8 Å². The molecule has 0 atom stereocenters. The molecule has 142 valence electrons. The van der Waals surface area contributed by atoms with Gasteiger partial charge in [0, 0.05) is 18.7 Å². The second-order valence-electron chi connectivity index (χ2n) is 6.63. The van der Waals surface area contributed by atoms with Gasteiger partial charge in [0.2, 0.25) is 0 Å². The zero-order valence-electron chi connectivity index (χ0n) is 14.2. The second-order valence-corrected chi connectivity index (χ2v) is 6.63. The molecule has 2 fully saturated rings. The third-order valence-corrected chi connectivity index (χ3v) is 4.63. The van der Waals surface area contributed by atoms with E-state index >= 15 is 0 Å². The number of alkyl halides is 3. The lowest BCUT2D eigenvalue weighted by molar-refractivity contribution is -0.141. The first-order chi connectivity index (χ1) is 12.3. The average Bonchev–Trinajstić information content (AvgIpc) is 2.58. The van der Waals surface area contributed by atoms with Crippen molar-refractivity contribution in [3.8, 4) is 11.8 Å². The fourth-order valence-corrected chi connectivity index (χ4v) is 3.18. The normalized spacial score (nSPS) is 24.0. The third kappa shape index (κ3) is 4.67. The molecule has 1 aromatic rings. The van der Waals surface area contributed by atoms with Crippen LogP contribution >= 0.6 is 0 Å². The standard InChI is InChI=1S/C18H21F3N2O3/c19-18(20,21)16-8-12(2-1-7-24)9-17(22-16)23-5-3-14(4-6-23)26-15-10-13(25)11-15/h8-9,13-15,24-25H,3-7,10-11H2. The van der Waals surface area contributed by atoms with Crippen molar-refractivity contribution in [3.63, 3.8) is 0 Å². The van der Waals surface area contributed by atoms with E-state index < -0.39 is 18.5 Å². The van der Waals surface area contributed by atoms with Crippen LogP contribution in [-0.4, -0.2) is 53.2 Å². The molecular weight excluding hydrogens is 349 g/mol. The molecule has 2 N–H and O–H groups in total. The minimum Gasteiger partial charge on any atom is -0.393 e. The average molecular weight is 370 g/mol. The Morgan fingerprint density at radius 1 is 1.19 bits per heavy atom. The zero-order chi connectivity index (χ0) is 18.7. The molecular formula is C18H21F3N2O3. The largest absolute Gasteiger partial charge is 0.433 e. The molecule has 0 unspecified atom stereocenters. The van der Waals surface area contributed by atoms with Gasteiger partial charge in [0.15, 0.2) is 0 Å². The van der Waals surface area contributed by atoms with Crippen molar-refractivity contribution in [2.75, 3.05) is 24.6 Å². The number of halogens is 3. The van der Waals surface area contributed by atoms with E-state index in [1.54, 1.807) is 4.90 Å². The molecule has 0 aromatic carbocycles. The first-order valence-electron chi connectivity index (χ1n) is 8.62. The van der Waals surface area contributed by atoms with Gasteiger partial charge in [-0.05, 0) is 37.8 Å². The summed E-state index contributed by atoms with van der Waals surface area (Å²) >= 11 is 0. The van der Waals surface area contributed by atoms with Crippen molar-refractivity contribution >= 4 is 5.82 Å². The van der Waals surface area contributed by atoms with Crippen molar-refractivity contribution in [2.24, 2.45) is 0 Å². The lowest BCUT2D eigenvalue weighted by atomic mass is 9.92. The van der Waals surface area contributed by atoms with E-state index in [4.69, 9.17) is 9.84 Å². The van der Waals surface area contributed by atoms with Crippen LogP contribution in [0.5, 0.6) is 0 Å². The van der Waals surface area contributed by atoms with Crippen molar-refractivity contribution < 1.29 is 28.1 Å². The molecule has 1 saturated heterocycles. The van der Waals surface area contributed by atoms with Crippen LogP contribution in [0.4, 0.5) is 19.0 Å². The number of pyridine rings is 1. The molecule has 0 radical (unpaired) electrons. The molecule has 2 aliphatic rings. The number of anilines is 1. The van der Waals surface area contributed by atoms with Crippen LogP contribution in [0.15, 0.2) is 12.1 Å². The molecule has 1 aromatic heterocycles. The highest BCUT2D eigenvalue weighted by molar-refractivity contribution is 5.49. The summed E-state index contributed by atoms with van der Waals surface area (Å²) in [4.78, 5) is 5.56. The summed E-state index contributed by atoms with van der Waals surface area (Å²) in [6.07, 6.45) is -1.97. The molecule has 0 amide bonds. The molecule has 0 spiro atoms. The predicted molar refractivity (Wildman–Crippen MR) is 88.6 cm³/mol. The van der Waals surface area contributed by atoms with Crippen LogP contribution in [0, 0.1) is 11.8 Å². The summed E-state index contributed by atoms with van der Waals surface area (Å²) in [6, 6.07) is 2.41. The number of rotatable bonds is 3. The fourth-order valence-electron chi connectivity index (χ4n) is 3.18. The Balaban J connectivity index is 1.68. The summed E-state index contributed by atoms with van der Waals surface area (Å²) < 4.78 is 45.2. The number of hydrogen-bond acceptors (Lipinski definition) is 5. The van der Waals surface area contributed by atoms with Crippen molar-refractivity contribution in [2.45, 2.75) is 50.2 Å². The monoisotopic (exact) mass is 370 g/mol. The number of aromatic nitrogens is 1. The molecule has 1 aliphatic heterocycles. The first-order valence-corrected chi connectivity index (χ1v) is 8.62. The number of aliphatic hydroxyl groups is 2. The van der Waals surface area contributed by atoms with Gasteiger partial charge in [-0.1, -0.05) is 11.8 Å². The number of nitrogens with zero attached hydrogens (tertiary/aromatic N) is 2. The van der Waals surface area contributed by atoms with Crippen LogP contribution in [0.25, 0.3) is 0 Å². The Bertz CT molecular complexity index is 685. The minimum atomic E-state index is -4.56. The molecule has 0 bridgehead atoms. The molecule has 8 heteroatoms. The van der Waals surface area contributed by atoms with Gasteiger partial charge in [0.25, 0.3) is 0 Å². The summed E-state index contributed by atoms with van der Waals surface area (Å²) in [5.41, 5.74) is -0.808. The fraction of sp³-hybridized carbons (Fsp3) is 0.611. The molecule has 2 heterocycles. The van der Waals surface area contributed by atoms with E-state index in [1.807, 2.05) is 0 Å². The molecule has 26 heavy (non-hydrogen) atoms. The topological polar surface area (TPSA) is 65.8 Å². The number of piperidine rings is 1. The highest BCUT2D eigenvalue weighted by Crippen LogP contribution is 2.32. The highest BCUT2D eigenvalue weighted by atomic mass is 19.4. The van der Waals surface area contributed by atoms with E-state index in [0.717, 1.165) is 6.07 Å².